The highest BCUT2D eigenvalue weighted by Crippen LogP contribution is 2.56. The van der Waals surface area contributed by atoms with E-state index in [4.69, 9.17) is 0 Å². The first-order valence-corrected chi connectivity index (χ1v) is 17.7. The van der Waals surface area contributed by atoms with Crippen LogP contribution in [0.2, 0.25) is 0 Å². The molecule has 0 amide bonds. The van der Waals surface area contributed by atoms with Gasteiger partial charge in [0.1, 0.15) is 0 Å². The Morgan fingerprint density at radius 3 is 1.26 bits per heavy atom. The van der Waals surface area contributed by atoms with Gasteiger partial charge in [-0.15, -0.1) is 0 Å². The Bertz CT molecular complexity index is 3600. The normalized spacial score (nSPS) is 13.2. The molecule has 1 aliphatic rings. The molecule has 14 rings (SSSR count). The average Bonchev–Trinajstić information content (AvgIpc) is 3.80. The van der Waals surface area contributed by atoms with E-state index in [-0.39, 0.29) is 0 Å². The Morgan fingerprint density at radius 1 is 0.180 bits per heavy atom. The molecule has 0 saturated heterocycles. The van der Waals surface area contributed by atoms with E-state index in [9.17, 15) is 0 Å². The second-order valence-corrected chi connectivity index (χ2v) is 14.7. The van der Waals surface area contributed by atoms with E-state index in [0.717, 1.165) is 0 Å². The van der Waals surface area contributed by atoms with Crippen LogP contribution in [0.3, 0.4) is 0 Å². The maximum absolute atomic E-state index is 2.49. The van der Waals surface area contributed by atoms with Gasteiger partial charge in [-0.2, -0.15) is 0 Å². The lowest BCUT2D eigenvalue weighted by molar-refractivity contribution is 1.73. The quantitative estimate of drug-likeness (QED) is 0.116. The van der Waals surface area contributed by atoms with Crippen molar-refractivity contribution in [2.75, 3.05) is 0 Å². The van der Waals surface area contributed by atoms with Crippen LogP contribution in [0.15, 0.2) is 146 Å². The van der Waals surface area contributed by atoms with Crippen molar-refractivity contribution < 1.29 is 0 Å². The number of hydrogen-bond donors (Lipinski definition) is 0. The molecule has 0 atom stereocenters. The molecule has 0 N–H and O–H groups in total. The zero-order valence-corrected chi connectivity index (χ0v) is 26.9. The number of hydrogen-bond acceptors (Lipinski definition) is 0. The lowest BCUT2D eigenvalue weighted by Crippen LogP contribution is -1.88. The Kier molecular flexibility index (Phi) is 3.95. The molecule has 0 fully saturated rings. The minimum atomic E-state index is 1.30. The van der Waals surface area contributed by atoms with Gasteiger partial charge in [0.2, 0.25) is 0 Å². The van der Waals surface area contributed by atoms with Crippen molar-refractivity contribution in [2.45, 2.75) is 0 Å². The Morgan fingerprint density at radius 2 is 0.600 bits per heavy atom. The fourth-order valence-electron chi connectivity index (χ4n) is 10.7. The minimum Gasteiger partial charge on any atom is -0.0616 e. The molecule has 0 heteroatoms. The van der Waals surface area contributed by atoms with Gasteiger partial charge in [-0.05, 0) is 165 Å². The highest BCUT2D eigenvalue weighted by molar-refractivity contribution is 6.50. The number of rotatable bonds is 0. The van der Waals surface area contributed by atoms with E-state index in [1.807, 2.05) is 0 Å². The van der Waals surface area contributed by atoms with Crippen LogP contribution < -0.4 is 0 Å². The van der Waals surface area contributed by atoms with Gasteiger partial charge in [-0.1, -0.05) is 121 Å². The average molecular weight is 625 g/mol. The largest absolute Gasteiger partial charge is 0.0616 e. The summed E-state index contributed by atoms with van der Waals surface area (Å²) in [6.07, 6.45) is 0. The summed E-state index contributed by atoms with van der Waals surface area (Å²) >= 11 is 0. The van der Waals surface area contributed by atoms with Crippen molar-refractivity contribution in [1.29, 1.82) is 0 Å². The maximum atomic E-state index is 2.49. The fraction of sp³-hybridized carbons (Fsp3) is 0. The first kappa shape index (κ1) is 24.6. The summed E-state index contributed by atoms with van der Waals surface area (Å²) in [5, 5.41) is 30.1. The SMILES string of the molecule is c1ccc2cc3c(cc2c1)-c1ccc2c4ccc5c6cc7cc8ccccc8c8c9ccccc9c(c6c6ccc(c9ccc-3c1c29)c4c56)c78. The predicted octanol–water partition coefficient (Wildman–Crippen LogP) is 14.3. The van der Waals surface area contributed by atoms with E-state index in [0.29, 0.717) is 0 Å². The van der Waals surface area contributed by atoms with E-state index in [2.05, 4.69) is 146 Å². The summed E-state index contributed by atoms with van der Waals surface area (Å²) in [5.41, 5.74) is 5.44. The van der Waals surface area contributed by atoms with Crippen molar-refractivity contribution in [3.8, 4) is 22.3 Å². The van der Waals surface area contributed by atoms with E-state index in [1.54, 1.807) is 0 Å². The highest BCUT2D eigenvalue weighted by Gasteiger charge is 2.27. The third-order valence-electron chi connectivity index (χ3n) is 12.5. The van der Waals surface area contributed by atoms with Crippen molar-refractivity contribution >= 4 is 118 Å². The molecule has 0 spiro atoms. The summed E-state index contributed by atoms with van der Waals surface area (Å²) in [5.74, 6) is 0. The molecule has 0 saturated carbocycles. The molecule has 224 valence electrons. The molecule has 0 unspecified atom stereocenters. The molecule has 13 aromatic carbocycles. The van der Waals surface area contributed by atoms with Gasteiger partial charge in [0.15, 0.2) is 0 Å². The monoisotopic (exact) mass is 624 g/mol. The van der Waals surface area contributed by atoms with Gasteiger partial charge in [0.25, 0.3) is 0 Å². The van der Waals surface area contributed by atoms with E-state index in [1.165, 1.54) is 141 Å². The lowest BCUT2D eigenvalue weighted by atomic mass is 9.87. The van der Waals surface area contributed by atoms with Crippen molar-refractivity contribution in [2.24, 2.45) is 0 Å². The standard InChI is InChI=1S/C50H24/c1-2-8-26-23-41-37-17-14-33-35-19-20-39-48-38(18-15-34(46(35)48)32-13-16-36(47(37)45(32)33)40(41)22-25(26)7-1)42-24-28-21-27-9-3-4-10-29(27)44-30-11-5-6-12-31(30)50(43(28)44)49(39)42/h1-24H. The van der Waals surface area contributed by atoms with Gasteiger partial charge >= 0.3 is 0 Å². The molecular weight excluding hydrogens is 601 g/mol. The Balaban J connectivity index is 1.18. The van der Waals surface area contributed by atoms with Crippen LogP contribution in [0.5, 0.6) is 0 Å². The predicted molar refractivity (Wildman–Crippen MR) is 217 cm³/mol. The second kappa shape index (κ2) is 8.03. The number of benzene rings is 11. The summed E-state index contributed by atoms with van der Waals surface area (Å²) in [4.78, 5) is 0. The molecule has 1 aliphatic carbocycles. The summed E-state index contributed by atoms with van der Waals surface area (Å²) in [7, 11) is 0. The molecule has 0 heterocycles. The zero-order chi connectivity index (χ0) is 32.0. The maximum Gasteiger partial charge on any atom is -0.000762 e. The summed E-state index contributed by atoms with van der Waals surface area (Å²) in [6.45, 7) is 0. The summed E-state index contributed by atoms with van der Waals surface area (Å²) < 4.78 is 0. The van der Waals surface area contributed by atoms with Crippen LogP contribution in [0, 0.1) is 0 Å². The van der Waals surface area contributed by atoms with Crippen LogP contribution >= 0.6 is 0 Å². The van der Waals surface area contributed by atoms with Crippen LogP contribution in [0.1, 0.15) is 0 Å². The first-order chi connectivity index (χ1) is 24.8. The molecular formula is C50H24. The van der Waals surface area contributed by atoms with Gasteiger partial charge in [-0.3, -0.25) is 0 Å². The molecule has 50 heavy (non-hydrogen) atoms. The molecule has 0 nitrogen and oxygen atoms in total. The Labute approximate surface area is 285 Å². The van der Waals surface area contributed by atoms with Gasteiger partial charge in [-0.25, -0.2) is 0 Å². The molecule has 0 aromatic heterocycles. The first-order valence-electron chi connectivity index (χ1n) is 17.7. The zero-order valence-electron chi connectivity index (χ0n) is 26.9. The van der Waals surface area contributed by atoms with Crippen molar-refractivity contribution in [3.63, 3.8) is 0 Å². The van der Waals surface area contributed by atoms with Gasteiger partial charge in [0, 0.05) is 0 Å². The lowest BCUT2D eigenvalue weighted by Gasteiger charge is -2.16. The molecule has 13 aromatic rings. The molecule has 0 bridgehead atoms. The van der Waals surface area contributed by atoms with Crippen LogP contribution in [0.4, 0.5) is 0 Å². The van der Waals surface area contributed by atoms with Crippen molar-refractivity contribution in [3.05, 3.63) is 146 Å². The van der Waals surface area contributed by atoms with Crippen molar-refractivity contribution in [1.82, 2.24) is 0 Å². The van der Waals surface area contributed by atoms with Crippen LogP contribution in [0.25, 0.3) is 141 Å². The smallest absolute Gasteiger partial charge is 0.000762 e. The van der Waals surface area contributed by atoms with Crippen LogP contribution in [-0.4, -0.2) is 0 Å². The Hall–Kier alpha value is -6.50. The number of fused-ring (bicyclic) bond motifs is 15. The highest BCUT2D eigenvalue weighted by atomic mass is 14.3. The van der Waals surface area contributed by atoms with E-state index < -0.39 is 0 Å². The second-order valence-electron chi connectivity index (χ2n) is 14.7. The van der Waals surface area contributed by atoms with Gasteiger partial charge in [0.05, 0.1) is 0 Å². The molecule has 0 radical (unpaired) electrons. The minimum absolute atomic E-state index is 1.30. The molecule has 0 aliphatic heterocycles. The van der Waals surface area contributed by atoms with E-state index >= 15 is 0 Å². The van der Waals surface area contributed by atoms with Crippen LogP contribution in [-0.2, 0) is 0 Å². The third kappa shape index (κ3) is 2.58. The topological polar surface area (TPSA) is 0 Å². The van der Waals surface area contributed by atoms with Gasteiger partial charge < -0.3 is 0 Å². The fourth-order valence-corrected chi connectivity index (χ4v) is 10.7. The third-order valence-corrected chi connectivity index (χ3v) is 12.5. The summed E-state index contributed by atoms with van der Waals surface area (Å²) in [6, 6.07) is 55.8.